The van der Waals surface area contributed by atoms with Gasteiger partial charge in [0.2, 0.25) is 0 Å². The van der Waals surface area contributed by atoms with Crippen LogP contribution in [0.1, 0.15) is 15.9 Å². The second-order valence-corrected chi connectivity index (χ2v) is 4.57. The van der Waals surface area contributed by atoms with E-state index in [1.807, 2.05) is 30.3 Å². The summed E-state index contributed by atoms with van der Waals surface area (Å²) in [5.41, 5.74) is 0.483. The van der Waals surface area contributed by atoms with E-state index in [1.54, 1.807) is 0 Å². The van der Waals surface area contributed by atoms with Gasteiger partial charge in [-0.05, 0) is 17.7 Å². The minimum atomic E-state index is -0.781. The third-order valence-corrected chi connectivity index (χ3v) is 3.08. The third-order valence-electron chi connectivity index (χ3n) is 3.08. The number of phenolic OH excluding ortho intramolecular Hbond substituents is 1. The van der Waals surface area contributed by atoms with E-state index in [2.05, 4.69) is 0 Å². The molecule has 5 heteroatoms. The van der Waals surface area contributed by atoms with E-state index in [1.165, 1.54) is 17.0 Å². The Hall–Kier alpha value is -2.40. The lowest BCUT2D eigenvalue weighted by Crippen LogP contribution is -2.33. The van der Waals surface area contributed by atoms with E-state index in [-0.39, 0.29) is 25.3 Å². The van der Waals surface area contributed by atoms with Crippen molar-refractivity contribution >= 4 is 5.91 Å². The molecule has 0 bridgehead atoms. The molecule has 0 heterocycles. The SMILES string of the molecule is O=C(c1c(O)cccc1F)N(CCO)Cc1ccccc1. The minimum absolute atomic E-state index is 0.0570. The van der Waals surface area contributed by atoms with Crippen LogP contribution in [0.25, 0.3) is 0 Å². The first-order valence-corrected chi connectivity index (χ1v) is 6.55. The molecule has 2 aromatic rings. The molecule has 0 spiro atoms. The highest BCUT2D eigenvalue weighted by Gasteiger charge is 2.22. The molecule has 21 heavy (non-hydrogen) atoms. The van der Waals surface area contributed by atoms with Crippen molar-refractivity contribution in [2.24, 2.45) is 0 Å². The molecule has 2 aromatic carbocycles. The molecule has 0 saturated carbocycles. The maximum absolute atomic E-state index is 13.8. The second-order valence-electron chi connectivity index (χ2n) is 4.57. The predicted octanol–water partition coefficient (Wildman–Crippen LogP) is 2.17. The predicted molar refractivity (Wildman–Crippen MR) is 76.3 cm³/mol. The fourth-order valence-corrected chi connectivity index (χ4v) is 2.06. The van der Waals surface area contributed by atoms with E-state index in [0.717, 1.165) is 11.6 Å². The number of carbonyl (C=O) groups is 1. The Balaban J connectivity index is 2.27. The van der Waals surface area contributed by atoms with Crippen molar-refractivity contribution in [1.29, 1.82) is 0 Å². The number of hydrogen-bond donors (Lipinski definition) is 2. The molecule has 0 aromatic heterocycles. The highest BCUT2D eigenvalue weighted by atomic mass is 19.1. The number of carbonyl (C=O) groups excluding carboxylic acids is 1. The van der Waals surface area contributed by atoms with Gasteiger partial charge in [0, 0.05) is 13.1 Å². The summed E-state index contributed by atoms with van der Waals surface area (Å²) in [5, 5.41) is 18.8. The van der Waals surface area contributed by atoms with E-state index in [0.29, 0.717) is 0 Å². The summed E-state index contributed by atoms with van der Waals surface area (Å²) in [4.78, 5) is 13.7. The van der Waals surface area contributed by atoms with Gasteiger partial charge >= 0.3 is 0 Å². The molecule has 110 valence electrons. The topological polar surface area (TPSA) is 60.8 Å². The van der Waals surface area contributed by atoms with Gasteiger partial charge in [0.05, 0.1) is 6.61 Å². The van der Waals surface area contributed by atoms with Gasteiger partial charge in [0.25, 0.3) is 5.91 Å². The molecular formula is C16H16FNO3. The number of aromatic hydroxyl groups is 1. The summed E-state index contributed by atoms with van der Waals surface area (Å²) in [6, 6.07) is 12.9. The average Bonchev–Trinajstić information content (AvgIpc) is 2.47. The van der Waals surface area contributed by atoms with Gasteiger partial charge in [0.15, 0.2) is 0 Å². The first-order chi connectivity index (χ1) is 10.1. The number of nitrogens with zero attached hydrogens (tertiary/aromatic N) is 1. The number of halogens is 1. The minimum Gasteiger partial charge on any atom is -0.507 e. The first kappa shape index (κ1) is 15.0. The van der Waals surface area contributed by atoms with Crippen molar-refractivity contribution in [1.82, 2.24) is 4.90 Å². The summed E-state index contributed by atoms with van der Waals surface area (Å²) in [6.45, 7) is 0.0449. The Morgan fingerprint density at radius 3 is 2.43 bits per heavy atom. The molecule has 0 aliphatic carbocycles. The van der Waals surface area contributed by atoms with Crippen molar-refractivity contribution in [3.63, 3.8) is 0 Å². The zero-order chi connectivity index (χ0) is 15.2. The van der Waals surface area contributed by atoms with E-state index in [9.17, 15) is 14.3 Å². The summed E-state index contributed by atoms with van der Waals surface area (Å²) in [6.07, 6.45) is 0. The molecule has 0 atom stereocenters. The maximum atomic E-state index is 13.8. The quantitative estimate of drug-likeness (QED) is 0.886. The number of aliphatic hydroxyl groups is 1. The van der Waals surface area contributed by atoms with Gasteiger partial charge in [-0.1, -0.05) is 36.4 Å². The highest BCUT2D eigenvalue weighted by molar-refractivity contribution is 5.97. The van der Waals surface area contributed by atoms with Crippen LogP contribution >= 0.6 is 0 Å². The number of aliphatic hydroxyl groups excluding tert-OH is 1. The Morgan fingerprint density at radius 2 is 1.81 bits per heavy atom. The van der Waals surface area contributed by atoms with Crippen LogP contribution in [0.3, 0.4) is 0 Å². The lowest BCUT2D eigenvalue weighted by molar-refractivity contribution is 0.0699. The molecular weight excluding hydrogens is 273 g/mol. The molecule has 0 aliphatic rings. The van der Waals surface area contributed by atoms with Crippen LogP contribution in [0.2, 0.25) is 0 Å². The van der Waals surface area contributed by atoms with E-state index >= 15 is 0 Å². The molecule has 4 nitrogen and oxygen atoms in total. The van der Waals surface area contributed by atoms with Crippen molar-refractivity contribution in [3.8, 4) is 5.75 Å². The fraction of sp³-hybridized carbons (Fsp3) is 0.188. The molecule has 0 fully saturated rings. The Morgan fingerprint density at radius 1 is 1.10 bits per heavy atom. The second kappa shape index (κ2) is 6.85. The van der Waals surface area contributed by atoms with Crippen molar-refractivity contribution in [2.75, 3.05) is 13.2 Å². The normalized spacial score (nSPS) is 10.4. The molecule has 2 rings (SSSR count). The average molecular weight is 289 g/mol. The standard InChI is InChI=1S/C16H16FNO3/c17-13-7-4-8-14(20)15(13)16(21)18(9-10-19)11-12-5-2-1-3-6-12/h1-8,19-20H,9-11H2. The molecule has 0 unspecified atom stereocenters. The summed E-state index contributed by atoms with van der Waals surface area (Å²) < 4.78 is 13.8. The van der Waals surface area contributed by atoms with Gasteiger partial charge in [-0.15, -0.1) is 0 Å². The van der Waals surface area contributed by atoms with Crippen molar-refractivity contribution in [3.05, 3.63) is 65.5 Å². The largest absolute Gasteiger partial charge is 0.507 e. The van der Waals surface area contributed by atoms with Crippen LogP contribution in [-0.2, 0) is 6.54 Å². The summed E-state index contributed by atoms with van der Waals surface area (Å²) in [7, 11) is 0. The van der Waals surface area contributed by atoms with Crippen LogP contribution in [0.4, 0.5) is 4.39 Å². The number of benzene rings is 2. The summed E-state index contributed by atoms with van der Waals surface area (Å²) in [5.74, 6) is -1.84. The van der Waals surface area contributed by atoms with E-state index in [4.69, 9.17) is 5.11 Å². The van der Waals surface area contributed by atoms with Gasteiger partial charge in [-0.3, -0.25) is 4.79 Å². The number of hydrogen-bond acceptors (Lipinski definition) is 3. The lowest BCUT2D eigenvalue weighted by Gasteiger charge is -2.22. The number of phenols is 1. The van der Waals surface area contributed by atoms with Crippen LogP contribution in [0, 0.1) is 5.82 Å². The molecule has 0 aliphatic heterocycles. The monoisotopic (exact) mass is 289 g/mol. The van der Waals surface area contributed by atoms with Gasteiger partial charge in [-0.2, -0.15) is 0 Å². The van der Waals surface area contributed by atoms with Crippen molar-refractivity contribution in [2.45, 2.75) is 6.54 Å². The number of rotatable bonds is 5. The van der Waals surface area contributed by atoms with Crippen LogP contribution < -0.4 is 0 Å². The van der Waals surface area contributed by atoms with Crippen LogP contribution in [-0.4, -0.2) is 34.2 Å². The van der Waals surface area contributed by atoms with E-state index < -0.39 is 17.5 Å². The molecule has 2 N–H and O–H groups in total. The molecule has 0 radical (unpaired) electrons. The van der Waals surface area contributed by atoms with Crippen molar-refractivity contribution < 1.29 is 19.4 Å². The maximum Gasteiger partial charge on any atom is 0.260 e. The zero-order valence-corrected chi connectivity index (χ0v) is 11.4. The molecule has 1 amide bonds. The highest BCUT2D eigenvalue weighted by Crippen LogP contribution is 2.22. The molecule has 0 saturated heterocycles. The third kappa shape index (κ3) is 3.58. The lowest BCUT2D eigenvalue weighted by atomic mass is 10.1. The first-order valence-electron chi connectivity index (χ1n) is 6.55. The smallest absolute Gasteiger partial charge is 0.260 e. The Labute approximate surface area is 122 Å². The number of amides is 1. The fourth-order valence-electron chi connectivity index (χ4n) is 2.06. The summed E-state index contributed by atoms with van der Waals surface area (Å²) >= 11 is 0. The van der Waals surface area contributed by atoms with Gasteiger partial charge in [-0.25, -0.2) is 4.39 Å². The van der Waals surface area contributed by atoms with Crippen LogP contribution in [0.15, 0.2) is 48.5 Å². The van der Waals surface area contributed by atoms with Crippen LogP contribution in [0.5, 0.6) is 5.75 Å². The Kier molecular flexibility index (Phi) is 4.90. The van der Waals surface area contributed by atoms with Gasteiger partial charge < -0.3 is 15.1 Å². The van der Waals surface area contributed by atoms with Gasteiger partial charge in [0.1, 0.15) is 17.1 Å². The Bertz CT molecular complexity index is 596. The zero-order valence-electron chi connectivity index (χ0n) is 11.4.